The number of carbonyl (C=O) groups excluding carboxylic acids is 2. The molecule has 0 aromatic rings. The Balaban J connectivity index is 4.37. The summed E-state index contributed by atoms with van der Waals surface area (Å²) >= 11 is 0. The van der Waals surface area contributed by atoms with Crippen LogP contribution in [0.1, 0.15) is 206 Å². The minimum Gasteiger partial charge on any atom is -0.477 e. The molecule has 0 aliphatic heterocycles. The number of hydrogen-bond acceptors (Lipinski definition) is 7. The van der Waals surface area contributed by atoms with Gasteiger partial charge in [0.1, 0.15) is 13.2 Å². The minimum atomic E-state index is -1.52. The topological polar surface area (TPSA) is 108 Å². The molecule has 0 saturated heterocycles. The molecule has 0 aliphatic carbocycles. The fourth-order valence-corrected chi connectivity index (χ4v) is 6.82. The molecule has 1 N–H and O–H groups in total. The molecular formula is C54H96NO8+. The number of esters is 2. The van der Waals surface area contributed by atoms with E-state index in [9.17, 15) is 19.5 Å². The standard InChI is InChI=1S/C54H95NO8/c1-6-8-10-12-14-16-18-20-22-24-25-26-27-29-30-32-34-36-38-40-42-44-51(56)61-48-50(49-62-54(53(58)59)60-47-46-55(3,4)5)63-52(57)45-43-41-39-37-35-33-31-28-23-21-19-17-15-13-11-9-7-2/h9,11,15,17,21,23-25,31,33,50,54H,6-8,10,12-14,16,18-20,22,26-30,32,34-49H2,1-5H3/p+1/b11-9-,17-15-,23-21-,25-24-,33-31-. The first kappa shape index (κ1) is 60.0. The predicted molar refractivity (Wildman–Crippen MR) is 263 cm³/mol. The first-order chi connectivity index (χ1) is 30.6. The van der Waals surface area contributed by atoms with Gasteiger partial charge in [0.05, 0.1) is 34.4 Å². The Morgan fingerprint density at radius 3 is 1.37 bits per heavy atom. The second-order valence-electron chi connectivity index (χ2n) is 18.1. The monoisotopic (exact) mass is 887 g/mol. The van der Waals surface area contributed by atoms with Crippen molar-refractivity contribution in [2.45, 2.75) is 219 Å². The summed E-state index contributed by atoms with van der Waals surface area (Å²) in [6, 6.07) is 0. The van der Waals surface area contributed by atoms with Crippen LogP contribution in [0.4, 0.5) is 0 Å². The summed E-state index contributed by atoms with van der Waals surface area (Å²) in [6.07, 6.45) is 52.8. The fourth-order valence-electron chi connectivity index (χ4n) is 6.82. The third-order valence-electron chi connectivity index (χ3n) is 10.8. The van der Waals surface area contributed by atoms with Crippen LogP contribution in [0.15, 0.2) is 60.8 Å². The van der Waals surface area contributed by atoms with Gasteiger partial charge in [-0.1, -0.05) is 177 Å². The van der Waals surface area contributed by atoms with Gasteiger partial charge in [0, 0.05) is 12.8 Å². The van der Waals surface area contributed by atoms with E-state index in [1.807, 2.05) is 21.1 Å². The van der Waals surface area contributed by atoms with Crippen LogP contribution in [0, 0.1) is 0 Å². The van der Waals surface area contributed by atoms with Crippen molar-refractivity contribution >= 4 is 17.9 Å². The van der Waals surface area contributed by atoms with E-state index < -0.39 is 24.3 Å². The van der Waals surface area contributed by atoms with Gasteiger partial charge in [0.15, 0.2) is 6.10 Å². The largest absolute Gasteiger partial charge is 0.477 e. The van der Waals surface area contributed by atoms with Crippen molar-refractivity contribution in [3.05, 3.63) is 60.8 Å². The third-order valence-corrected chi connectivity index (χ3v) is 10.8. The number of nitrogens with zero attached hydrogens (tertiary/aromatic N) is 1. The Bertz CT molecular complexity index is 1220. The average molecular weight is 887 g/mol. The Kier molecular flexibility index (Phi) is 43.4. The number of unbranched alkanes of at least 4 members (excludes halogenated alkanes) is 21. The Morgan fingerprint density at radius 2 is 0.905 bits per heavy atom. The van der Waals surface area contributed by atoms with Crippen molar-refractivity contribution in [1.29, 1.82) is 0 Å². The van der Waals surface area contributed by atoms with Crippen molar-refractivity contribution in [3.63, 3.8) is 0 Å². The van der Waals surface area contributed by atoms with Crippen LogP contribution in [0.5, 0.6) is 0 Å². The Morgan fingerprint density at radius 1 is 0.492 bits per heavy atom. The molecule has 364 valence electrons. The molecule has 0 rings (SSSR count). The molecule has 0 saturated carbocycles. The second-order valence-corrected chi connectivity index (χ2v) is 18.1. The normalized spacial score (nSPS) is 13.3. The maximum Gasteiger partial charge on any atom is 0.361 e. The number of ether oxygens (including phenoxy) is 4. The summed E-state index contributed by atoms with van der Waals surface area (Å²) in [5.41, 5.74) is 0. The van der Waals surface area contributed by atoms with Gasteiger partial charge in [0.2, 0.25) is 0 Å². The number of quaternary nitrogens is 1. The summed E-state index contributed by atoms with van der Waals surface area (Å²) in [7, 11) is 5.95. The van der Waals surface area contributed by atoms with Crippen molar-refractivity contribution in [2.75, 3.05) is 47.5 Å². The van der Waals surface area contributed by atoms with Gasteiger partial charge < -0.3 is 28.5 Å². The average Bonchev–Trinajstić information content (AvgIpc) is 3.24. The zero-order valence-corrected chi connectivity index (χ0v) is 41.2. The smallest absolute Gasteiger partial charge is 0.361 e. The van der Waals surface area contributed by atoms with E-state index in [2.05, 4.69) is 74.6 Å². The lowest BCUT2D eigenvalue weighted by Gasteiger charge is -2.25. The van der Waals surface area contributed by atoms with Gasteiger partial charge in [0.25, 0.3) is 6.29 Å². The van der Waals surface area contributed by atoms with Crippen LogP contribution in [-0.4, -0.2) is 87.4 Å². The van der Waals surface area contributed by atoms with E-state index in [1.165, 1.54) is 103 Å². The minimum absolute atomic E-state index is 0.180. The van der Waals surface area contributed by atoms with Gasteiger partial charge in [-0.3, -0.25) is 9.59 Å². The molecule has 0 aliphatic rings. The molecule has 0 aromatic heterocycles. The zero-order valence-electron chi connectivity index (χ0n) is 41.2. The molecule has 2 unspecified atom stereocenters. The van der Waals surface area contributed by atoms with E-state index in [0.717, 1.165) is 70.6 Å². The van der Waals surface area contributed by atoms with Gasteiger partial charge in [-0.2, -0.15) is 0 Å². The van der Waals surface area contributed by atoms with E-state index >= 15 is 0 Å². The first-order valence-electron chi connectivity index (χ1n) is 25.5. The van der Waals surface area contributed by atoms with Crippen molar-refractivity contribution in [3.8, 4) is 0 Å². The highest BCUT2D eigenvalue weighted by Gasteiger charge is 2.25. The summed E-state index contributed by atoms with van der Waals surface area (Å²) in [4.78, 5) is 37.3. The number of carboxylic acids is 1. The summed E-state index contributed by atoms with van der Waals surface area (Å²) in [5.74, 6) is -2.04. The molecular weight excluding hydrogens is 791 g/mol. The summed E-state index contributed by atoms with van der Waals surface area (Å²) in [6.45, 7) is 4.73. The molecule has 0 heterocycles. The van der Waals surface area contributed by atoms with E-state index in [-0.39, 0.29) is 32.2 Å². The fraction of sp³-hybridized carbons (Fsp3) is 0.759. The maximum absolute atomic E-state index is 12.8. The Hall–Kier alpha value is -3.01. The van der Waals surface area contributed by atoms with Crippen LogP contribution in [-0.2, 0) is 33.3 Å². The first-order valence-corrected chi connectivity index (χ1v) is 25.5. The molecule has 63 heavy (non-hydrogen) atoms. The lowest BCUT2D eigenvalue weighted by Crippen LogP contribution is -2.40. The number of likely N-dealkylation sites (N-methyl/N-ethyl adjacent to an activating group) is 1. The van der Waals surface area contributed by atoms with Gasteiger partial charge in [-0.05, 0) is 77.0 Å². The van der Waals surface area contributed by atoms with E-state index in [4.69, 9.17) is 18.9 Å². The highest BCUT2D eigenvalue weighted by atomic mass is 16.7. The molecule has 0 bridgehead atoms. The second kappa shape index (κ2) is 45.6. The lowest BCUT2D eigenvalue weighted by atomic mass is 10.1. The molecule has 9 heteroatoms. The molecule has 2 atom stereocenters. The molecule has 0 spiro atoms. The van der Waals surface area contributed by atoms with Crippen molar-refractivity contribution < 1.29 is 42.9 Å². The van der Waals surface area contributed by atoms with Crippen LogP contribution in [0.3, 0.4) is 0 Å². The van der Waals surface area contributed by atoms with Crippen molar-refractivity contribution in [1.82, 2.24) is 0 Å². The van der Waals surface area contributed by atoms with Gasteiger partial charge in [-0.25, -0.2) is 4.79 Å². The van der Waals surface area contributed by atoms with Crippen LogP contribution < -0.4 is 0 Å². The molecule has 0 amide bonds. The van der Waals surface area contributed by atoms with Crippen LogP contribution in [0.2, 0.25) is 0 Å². The number of rotatable bonds is 46. The van der Waals surface area contributed by atoms with Gasteiger partial charge in [-0.15, -0.1) is 0 Å². The van der Waals surface area contributed by atoms with Crippen LogP contribution in [0.25, 0.3) is 0 Å². The molecule has 0 radical (unpaired) electrons. The van der Waals surface area contributed by atoms with E-state index in [1.54, 1.807) is 0 Å². The van der Waals surface area contributed by atoms with Crippen LogP contribution >= 0.6 is 0 Å². The zero-order chi connectivity index (χ0) is 46.3. The van der Waals surface area contributed by atoms with Crippen molar-refractivity contribution in [2.24, 2.45) is 0 Å². The molecule has 0 fully saturated rings. The highest BCUT2D eigenvalue weighted by molar-refractivity contribution is 5.71. The third kappa shape index (κ3) is 46.8. The lowest BCUT2D eigenvalue weighted by molar-refractivity contribution is -0.870. The highest BCUT2D eigenvalue weighted by Crippen LogP contribution is 2.14. The number of carboxylic acid groups (broad SMARTS) is 1. The number of carbonyl (C=O) groups is 3. The van der Waals surface area contributed by atoms with E-state index in [0.29, 0.717) is 23.9 Å². The quantitative estimate of drug-likeness (QED) is 0.0212. The number of allylic oxidation sites excluding steroid dienone is 10. The SMILES string of the molecule is CC/C=C\C/C=C\C/C=C\C/C=C\CCCCCCC(=O)OC(COC(=O)CCCCCCCCCCC/C=C\CCCCCCCCCC)COC(OCC[N+](C)(C)C)C(=O)O. The predicted octanol–water partition coefficient (Wildman–Crippen LogP) is 14.1. The molecule has 9 nitrogen and oxygen atoms in total. The number of aliphatic carboxylic acids is 1. The summed E-state index contributed by atoms with van der Waals surface area (Å²) in [5, 5.41) is 9.66. The summed E-state index contributed by atoms with van der Waals surface area (Å²) < 4.78 is 22.8. The number of hydrogen-bond donors (Lipinski definition) is 1. The Labute approximate surface area is 386 Å². The maximum atomic E-state index is 12.8. The molecule has 0 aromatic carbocycles. The van der Waals surface area contributed by atoms with Gasteiger partial charge >= 0.3 is 17.9 Å².